The Bertz CT molecular complexity index is 316. The van der Waals surface area contributed by atoms with Crippen LogP contribution in [0.2, 0.25) is 0 Å². The Labute approximate surface area is 96.8 Å². The number of nitrogens with zero attached hydrogens (tertiary/aromatic N) is 2. The Balaban J connectivity index is 1.62. The van der Waals surface area contributed by atoms with Crippen LogP contribution in [0.15, 0.2) is 18.7 Å². The van der Waals surface area contributed by atoms with Crippen molar-refractivity contribution >= 4 is 5.84 Å². The van der Waals surface area contributed by atoms with Gasteiger partial charge in [0.2, 0.25) is 5.84 Å². The summed E-state index contributed by atoms with van der Waals surface area (Å²) in [5, 5.41) is 3.50. The zero-order valence-corrected chi connectivity index (χ0v) is 9.78. The average Bonchev–Trinajstić information content (AvgIpc) is 2.68. The molecule has 0 saturated heterocycles. The van der Waals surface area contributed by atoms with Crippen molar-refractivity contribution in [2.24, 2.45) is 0 Å². The molecule has 88 valence electrons. The van der Waals surface area contributed by atoms with Crippen LogP contribution in [-0.2, 0) is 6.54 Å². The minimum Gasteiger partial charge on any atom is -0.337 e. The summed E-state index contributed by atoms with van der Waals surface area (Å²) in [6, 6.07) is 0. The lowest BCUT2D eigenvalue weighted by atomic mass is 10.2. The number of rotatable bonds is 4. The summed E-state index contributed by atoms with van der Waals surface area (Å²) in [5.74, 6) is 1.34. The highest BCUT2D eigenvalue weighted by Crippen LogP contribution is 1.99. The Kier molecular flexibility index (Phi) is 4.40. The fourth-order valence-corrected chi connectivity index (χ4v) is 2.00. The molecule has 1 aliphatic heterocycles. The molecule has 16 heavy (non-hydrogen) atoms. The van der Waals surface area contributed by atoms with Gasteiger partial charge < -0.3 is 4.57 Å². The molecule has 4 heteroatoms. The molecule has 0 spiro atoms. The van der Waals surface area contributed by atoms with Gasteiger partial charge >= 0.3 is 0 Å². The van der Waals surface area contributed by atoms with Crippen molar-refractivity contribution in [1.82, 2.24) is 14.9 Å². The van der Waals surface area contributed by atoms with Gasteiger partial charge in [0.1, 0.15) is 0 Å². The summed E-state index contributed by atoms with van der Waals surface area (Å²) in [5.41, 5.74) is 0. The highest BCUT2D eigenvalue weighted by atomic mass is 15.0. The maximum Gasteiger partial charge on any atom is 0.242 e. The van der Waals surface area contributed by atoms with Crippen LogP contribution < -0.4 is 10.3 Å². The van der Waals surface area contributed by atoms with Gasteiger partial charge in [-0.25, -0.2) is 4.98 Å². The van der Waals surface area contributed by atoms with E-state index >= 15 is 0 Å². The van der Waals surface area contributed by atoms with Crippen molar-refractivity contribution in [2.45, 2.75) is 38.6 Å². The minimum absolute atomic E-state index is 1.04. The fraction of sp³-hybridized carbons (Fsp3) is 0.667. The number of aryl methyl sites for hydroxylation is 1. The SMILES string of the molecule is c1cn(CCCNC2=[NH+]CCCCC2)cn1. The Morgan fingerprint density at radius 3 is 3.25 bits per heavy atom. The molecule has 0 bridgehead atoms. The van der Waals surface area contributed by atoms with Crippen LogP contribution in [-0.4, -0.2) is 28.5 Å². The first kappa shape index (κ1) is 11.2. The van der Waals surface area contributed by atoms with Crippen molar-refractivity contribution in [1.29, 1.82) is 0 Å². The summed E-state index contributed by atoms with van der Waals surface area (Å²) in [6.07, 6.45) is 12.0. The quantitative estimate of drug-likeness (QED) is 0.698. The molecule has 4 nitrogen and oxygen atoms in total. The number of hydrogen-bond acceptors (Lipinski definition) is 2. The van der Waals surface area contributed by atoms with Crippen LogP contribution in [0.5, 0.6) is 0 Å². The lowest BCUT2D eigenvalue weighted by molar-refractivity contribution is -0.459. The van der Waals surface area contributed by atoms with Crippen LogP contribution in [0, 0.1) is 0 Å². The number of aromatic nitrogens is 2. The first-order valence-corrected chi connectivity index (χ1v) is 6.24. The van der Waals surface area contributed by atoms with Crippen molar-refractivity contribution in [2.75, 3.05) is 13.1 Å². The lowest BCUT2D eigenvalue weighted by Gasteiger charge is -2.02. The third kappa shape index (κ3) is 3.68. The van der Waals surface area contributed by atoms with E-state index < -0.39 is 0 Å². The molecule has 0 saturated carbocycles. The van der Waals surface area contributed by atoms with Gasteiger partial charge in [0, 0.05) is 31.8 Å². The topological polar surface area (TPSA) is 43.8 Å². The Morgan fingerprint density at radius 1 is 1.38 bits per heavy atom. The van der Waals surface area contributed by atoms with Gasteiger partial charge in [-0.05, 0) is 19.3 Å². The van der Waals surface area contributed by atoms with E-state index in [2.05, 4.69) is 19.9 Å². The molecule has 0 atom stereocenters. The van der Waals surface area contributed by atoms with Crippen molar-refractivity contribution in [3.8, 4) is 0 Å². The summed E-state index contributed by atoms with van der Waals surface area (Å²) >= 11 is 0. The van der Waals surface area contributed by atoms with E-state index in [-0.39, 0.29) is 0 Å². The van der Waals surface area contributed by atoms with Gasteiger partial charge in [-0.1, -0.05) is 0 Å². The summed E-state index contributed by atoms with van der Waals surface area (Å²) in [6.45, 7) is 3.21. The normalized spacial score (nSPS) is 16.6. The Hall–Kier alpha value is -1.32. The van der Waals surface area contributed by atoms with Crippen molar-refractivity contribution in [3.05, 3.63) is 18.7 Å². The van der Waals surface area contributed by atoms with Crippen LogP contribution >= 0.6 is 0 Å². The molecule has 0 unspecified atom stereocenters. The molecule has 0 aliphatic carbocycles. The molecule has 0 aromatic carbocycles. The van der Waals surface area contributed by atoms with Gasteiger partial charge in [-0.3, -0.25) is 10.3 Å². The average molecular weight is 221 g/mol. The maximum atomic E-state index is 4.03. The smallest absolute Gasteiger partial charge is 0.242 e. The number of imidazole rings is 1. The first-order valence-electron chi connectivity index (χ1n) is 6.24. The van der Waals surface area contributed by atoms with Crippen LogP contribution in [0.25, 0.3) is 0 Å². The monoisotopic (exact) mass is 221 g/mol. The molecule has 2 heterocycles. The highest BCUT2D eigenvalue weighted by Gasteiger charge is 2.08. The van der Waals surface area contributed by atoms with E-state index in [1.54, 1.807) is 0 Å². The Morgan fingerprint density at radius 2 is 2.38 bits per heavy atom. The second-order valence-electron chi connectivity index (χ2n) is 4.30. The van der Waals surface area contributed by atoms with E-state index in [0.29, 0.717) is 0 Å². The van der Waals surface area contributed by atoms with E-state index in [0.717, 1.165) is 26.1 Å². The standard InChI is InChI=1S/C12H20N4/c1-2-5-12(14-6-3-1)15-7-4-9-16-10-8-13-11-16/h8,10-11H,1-7,9H2,(H,14,15)/p+1. The highest BCUT2D eigenvalue weighted by molar-refractivity contribution is 5.76. The van der Waals surface area contributed by atoms with Gasteiger partial charge in [0.15, 0.2) is 0 Å². The molecule has 0 fully saturated rings. The van der Waals surface area contributed by atoms with E-state index in [4.69, 9.17) is 0 Å². The second-order valence-corrected chi connectivity index (χ2v) is 4.30. The third-order valence-electron chi connectivity index (χ3n) is 2.93. The lowest BCUT2D eigenvalue weighted by Crippen LogP contribution is -2.75. The largest absolute Gasteiger partial charge is 0.337 e. The minimum atomic E-state index is 1.04. The number of nitrogens with one attached hydrogen (secondary N) is 2. The van der Waals surface area contributed by atoms with Gasteiger partial charge in [-0.2, -0.15) is 0 Å². The van der Waals surface area contributed by atoms with Gasteiger partial charge in [0.25, 0.3) is 0 Å². The molecule has 2 N–H and O–H groups in total. The van der Waals surface area contributed by atoms with Crippen LogP contribution in [0.4, 0.5) is 0 Å². The molecule has 1 aliphatic rings. The van der Waals surface area contributed by atoms with Crippen LogP contribution in [0.1, 0.15) is 32.1 Å². The zero-order chi connectivity index (χ0) is 11.1. The molecule has 1 aromatic rings. The molecular formula is C12H21N4+. The molecule has 0 amide bonds. The first-order chi connectivity index (χ1) is 7.95. The summed E-state index contributed by atoms with van der Waals surface area (Å²) in [4.78, 5) is 7.49. The molecule has 1 aromatic heterocycles. The van der Waals surface area contributed by atoms with E-state index in [1.165, 1.54) is 31.5 Å². The number of amidine groups is 1. The zero-order valence-electron chi connectivity index (χ0n) is 9.78. The molecule has 0 radical (unpaired) electrons. The van der Waals surface area contributed by atoms with Crippen molar-refractivity contribution < 1.29 is 4.99 Å². The molecular weight excluding hydrogens is 200 g/mol. The predicted octanol–water partition coefficient (Wildman–Crippen LogP) is -0.0841. The third-order valence-corrected chi connectivity index (χ3v) is 2.93. The maximum absolute atomic E-state index is 4.03. The summed E-state index contributed by atoms with van der Waals surface area (Å²) in [7, 11) is 0. The molecule has 2 rings (SSSR count). The van der Waals surface area contributed by atoms with Crippen molar-refractivity contribution in [3.63, 3.8) is 0 Å². The van der Waals surface area contributed by atoms with Gasteiger partial charge in [-0.15, -0.1) is 0 Å². The predicted molar refractivity (Wildman–Crippen MR) is 64.2 cm³/mol. The number of hydrogen-bond donors (Lipinski definition) is 2. The van der Waals surface area contributed by atoms with Crippen LogP contribution in [0.3, 0.4) is 0 Å². The van der Waals surface area contributed by atoms with E-state index in [9.17, 15) is 0 Å². The summed E-state index contributed by atoms with van der Waals surface area (Å²) < 4.78 is 2.12. The second kappa shape index (κ2) is 6.30. The van der Waals surface area contributed by atoms with Gasteiger partial charge in [0.05, 0.1) is 19.4 Å². The fourth-order valence-electron chi connectivity index (χ4n) is 2.00. The van der Waals surface area contributed by atoms with E-state index in [1.807, 2.05) is 18.7 Å².